The standard InChI is InChI=1S/C19H27N3O2/c1-3-16(18(24)20-15-7-5-4-6-8-15)22-13-11-19(12-14-22)10-9-17(23)21(19)2/h4-8,16H,3,9-14H2,1-2H3,(H,20,24). The van der Waals surface area contributed by atoms with Crippen LogP contribution >= 0.6 is 0 Å². The van der Waals surface area contributed by atoms with Crippen molar-refractivity contribution in [2.75, 3.05) is 25.5 Å². The maximum atomic E-state index is 12.7. The van der Waals surface area contributed by atoms with E-state index in [2.05, 4.69) is 17.1 Å². The molecular weight excluding hydrogens is 302 g/mol. The summed E-state index contributed by atoms with van der Waals surface area (Å²) in [6.45, 7) is 3.81. The van der Waals surface area contributed by atoms with Crippen LogP contribution in [0.5, 0.6) is 0 Å². The molecule has 0 aliphatic carbocycles. The predicted molar refractivity (Wildman–Crippen MR) is 94.7 cm³/mol. The van der Waals surface area contributed by atoms with Crippen LogP contribution in [0.4, 0.5) is 5.69 Å². The first kappa shape index (κ1) is 17.0. The van der Waals surface area contributed by atoms with E-state index >= 15 is 0 Å². The minimum absolute atomic E-state index is 0.0295. The summed E-state index contributed by atoms with van der Waals surface area (Å²) in [7, 11) is 1.93. The van der Waals surface area contributed by atoms with Gasteiger partial charge < -0.3 is 10.2 Å². The number of hydrogen-bond acceptors (Lipinski definition) is 3. The molecule has 24 heavy (non-hydrogen) atoms. The Labute approximate surface area is 144 Å². The molecule has 1 aromatic rings. The second-order valence-corrected chi connectivity index (χ2v) is 6.99. The van der Waals surface area contributed by atoms with Gasteiger partial charge in [0.15, 0.2) is 0 Å². The molecule has 2 fully saturated rings. The first-order chi connectivity index (χ1) is 11.6. The number of hydrogen-bond donors (Lipinski definition) is 1. The van der Waals surface area contributed by atoms with Gasteiger partial charge in [-0.05, 0) is 37.8 Å². The molecule has 2 aliphatic rings. The van der Waals surface area contributed by atoms with Gasteiger partial charge in [0.25, 0.3) is 0 Å². The fourth-order valence-electron chi connectivity index (χ4n) is 4.13. The fourth-order valence-corrected chi connectivity index (χ4v) is 4.13. The number of benzene rings is 1. The summed E-state index contributed by atoms with van der Waals surface area (Å²) in [5.74, 6) is 0.327. The van der Waals surface area contributed by atoms with Crippen LogP contribution in [0.1, 0.15) is 39.0 Å². The SMILES string of the molecule is CCC(C(=O)Nc1ccccc1)N1CCC2(CCC(=O)N2C)CC1. The van der Waals surface area contributed by atoms with Gasteiger partial charge in [0.1, 0.15) is 0 Å². The normalized spacial score (nSPS) is 21.9. The number of amides is 2. The summed E-state index contributed by atoms with van der Waals surface area (Å²) in [4.78, 5) is 28.8. The Morgan fingerprint density at radius 3 is 2.42 bits per heavy atom. The molecule has 0 saturated carbocycles. The van der Waals surface area contributed by atoms with E-state index in [4.69, 9.17) is 0 Å². The molecule has 5 nitrogen and oxygen atoms in total. The molecule has 2 aliphatic heterocycles. The number of carbonyl (C=O) groups is 2. The van der Waals surface area contributed by atoms with Gasteiger partial charge in [0.2, 0.25) is 11.8 Å². The average molecular weight is 329 g/mol. The van der Waals surface area contributed by atoms with Crippen molar-refractivity contribution in [2.24, 2.45) is 0 Å². The van der Waals surface area contributed by atoms with Gasteiger partial charge in [-0.2, -0.15) is 0 Å². The van der Waals surface area contributed by atoms with Crippen molar-refractivity contribution in [3.63, 3.8) is 0 Å². The summed E-state index contributed by atoms with van der Waals surface area (Å²) in [5, 5.41) is 3.02. The molecule has 2 saturated heterocycles. The zero-order valence-corrected chi connectivity index (χ0v) is 14.6. The van der Waals surface area contributed by atoms with Crippen LogP contribution in [-0.2, 0) is 9.59 Å². The van der Waals surface area contributed by atoms with Crippen molar-refractivity contribution in [1.29, 1.82) is 0 Å². The lowest BCUT2D eigenvalue weighted by Crippen LogP contribution is -2.55. The molecule has 0 bridgehead atoms. The Hall–Kier alpha value is -1.88. The molecule has 0 radical (unpaired) electrons. The van der Waals surface area contributed by atoms with Crippen molar-refractivity contribution in [1.82, 2.24) is 9.80 Å². The molecule has 3 rings (SSSR count). The van der Waals surface area contributed by atoms with Crippen LogP contribution in [0.15, 0.2) is 30.3 Å². The fraction of sp³-hybridized carbons (Fsp3) is 0.579. The topological polar surface area (TPSA) is 52.7 Å². The maximum Gasteiger partial charge on any atom is 0.241 e. The largest absolute Gasteiger partial charge is 0.340 e. The number of nitrogens with zero attached hydrogens (tertiary/aromatic N) is 2. The Bertz CT molecular complexity index is 594. The van der Waals surface area contributed by atoms with E-state index in [-0.39, 0.29) is 23.4 Å². The Morgan fingerprint density at radius 1 is 1.21 bits per heavy atom. The second-order valence-electron chi connectivity index (χ2n) is 6.99. The first-order valence-corrected chi connectivity index (χ1v) is 8.92. The van der Waals surface area contributed by atoms with Crippen LogP contribution in [0.25, 0.3) is 0 Å². The number of carbonyl (C=O) groups excluding carboxylic acids is 2. The molecule has 1 unspecified atom stereocenters. The van der Waals surface area contributed by atoms with Gasteiger partial charge >= 0.3 is 0 Å². The number of nitrogens with one attached hydrogen (secondary N) is 1. The molecule has 2 heterocycles. The van der Waals surface area contributed by atoms with Crippen molar-refractivity contribution in [3.8, 4) is 0 Å². The summed E-state index contributed by atoms with van der Waals surface area (Å²) in [6, 6.07) is 9.51. The molecule has 130 valence electrons. The zero-order chi connectivity index (χ0) is 17.2. The highest BCUT2D eigenvalue weighted by Gasteiger charge is 2.45. The quantitative estimate of drug-likeness (QED) is 0.923. The lowest BCUT2D eigenvalue weighted by Gasteiger charge is -2.45. The van der Waals surface area contributed by atoms with Crippen LogP contribution < -0.4 is 5.32 Å². The molecule has 1 N–H and O–H groups in total. The molecule has 2 amide bonds. The van der Waals surface area contributed by atoms with Gasteiger partial charge in [0, 0.05) is 37.8 Å². The lowest BCUT2D eigenvalue weighted by molar-refractivity contribution is -0.132. The first-order valence-electron chi connectivity index (χ1n) is 8.92. The van der Waals surface area contributed by atoms with E-state index in [0.717, 1.165) is 44.5 Å². The summed E-state index contributed by atoms with van der Waals surface area (Å²) in [6.07, 6.45) is 4.35. The monoisotopic (exact) mass is 329 g/mol. The number of likely N-dealkylation sites (tertiary alicyclic amines) is 2. The number of anilines is 1. The summed E-state index contributed by atoms with van der Waals surface area (Å²) < 4.78 is 0. The Kier molecular flexibility index (Phi) is 4.90. The predicted octanol–water partition coefficient (Wildman–Crippen LogP) is 2.49. The number of rotatable bonds is 4. The average Bonchev–Trinajstić information content (AvgIpc) is 2.87. The third-order valence-electron chi connectivity index (χ3n) is 5.79. The highest BCUT2D eigenvalue weighted by atomic mass is 16.2. The third kappa shape index (κ3) is 3.18. The minimum Gasteiger partial charge on any atom is -0.340 e. The van der Waals surface area contributed by atoms with E-state index in [1.165, 1.54) is 0 Å². The molecule has 5 heteroatoms. The van der Waals surface area contributed by atoms with Crippen LogP contribution in [0.2, 0.25) is 0 Å². The van der Waals surface area contributed by atoms with E-state index in [1.807, 2.05) is 42.3 Å². The van der Waals surface area contributed by atoms with E-state index in [0.29, 0.717) is 6.42 Å². The number of para-hydroxylation sites is 1. The van der Waals surface area contributed by atoms with Gasteiger partial charge in [-0.15, -0.1) is 0 Å². The van der Waals surface area contributed by atoms with Crippen LogP contribution in [0, 0.1) is 0 Å². The van der Waals surface area contributed by atoms with E-state index in [1.54, 1.807) is 0 Å². The molecule has 1 spiro atoms. The van der Waals surface area contributed by atoms with Crippen LogP contribution in [-0.4, -0.2) is 53.3 Å². The molecule has 1 aromatic carbocycles. The van der Waals surface area contributed by atoms with E-state index < -0.39 is 0 Å². The lowest BCUT2D eigenvalue weighted by atomic mass is 9.84. The second kappa shape index (κ2) is 6.93. The minimum atomic E-state index is -0.107. The number of piperidine rings is 1. The van der Waals surface area contributed by atoms with Gasteiger partial charge in [-0.25, -0.2) is 0 Å². The van der Waals surface area contributed by atoms with Gasteiger partial charge in [-0.3, -0.25) is 14.5 Å². The highest BCUT2D eigenvalue weighted by Crippen LogP contribution is 2.38. The van der Waals surface area contributed by atoms with Crippen LogP contribution in [0.3, 0.4) is 0 Å². The van der Waals surface area contributed by atoms with Gasteiger partial charge in [-0.1, -0.05) is 25.1 Å². The Morgan fingerprint density at radius 2 is 1.88 bits per heavy atom. The van der Waals surface area contributed by atoms with Crippen molar-refractivity contribution < 1.29 is 9.59 Å². The summed E-state index contributed by atoms with van der Waals surface area (Å²) >= 11 is 0. The summed E-state index contributed by atoms with van der Waals surface area (Å²) in [5.41, 5.74) is 0.873. The van der Waals surface area contributed by atoms with Gasteiger partial charge in [0.05, 0.1) is 6.04 Å². The molecule has 1 atom stereocenters. The van der Waals surface area contributed by atoms with Crippen molar-refractivity contribution in [2.45, 2.75) is 50.6 Å². The van der Waals surface area contributed by atoms with Crippen molar-refractivity contribution >= 4 is 17.5 Å². The molecule has 0 aromatic heterocycles. The Balaban J connectivity index is 1.61. The zero-order valence-electron chi connectivity index (χ0n) is 14.6. The molecular formula is C19H27N3O2. The van der Waals surface area contributed by atoms with E-state index in [9.17, 15) is 9.59 Å². The third-order valence-corrected chi connectivity index (χ3v) is 5.79. The smallest absolute Gasteiger partial charge is 0.241 e. The van der Waals surface area contributed by atoms with Crippen molar-refractivity contribution in [3.05, 3.63) is 30.3 Å². The maximum absolute atomic E-state index is 12.7. The highest BCUT2D eigenvalue weighted by molar-refractivity contribution is 5.94.